The smallest absolute Gasteiger partial charge is 0.456 e. The molecular formula is C8H15O6P. The van der Waals surface area contributed by atoms with Crippen LogP contribution in [-0.4, -0.2) is 28.0 Å². The standard InChI is InChI=1S/C8H15O6P/c1-4-7(9)14-8(2,3)5-6-13-15(10,11)12/h4H,1,5-6H2,2-3H3,(H2,10,11,12). The van der Waals surface area contributed by atoms with Crippen LogP contribution in [0.15, 0.2) is 12.7 Å². The molecule has 0 unspecified atom stereocenters. The van der Waals surface area contributed by atoms with E-state index in [1.54, 1.807) is 13.8 Å². The van der Waals surface area contributed by atoms with Crippen LogP contribution in [0.1, 0.15) is 20.3 Å². The van der Waals surface area contributed by atoms with Crippen molar-refractivity contribution in [1.82, 2.24) is 0 Å². The number of rotatable bonds is 6. The van der Waals surface area contributed by atoms with Gasteiger partial charge < -0.3 is 14.5 Å². The van der Waals surface area contributed by atoms with Gasteiger partial charge in [-0.1, -0.05) is 6.58 Å². The van der Waals surface area contributed by atoms with Crippen LogP contribution in [-0.2, 0) is 18.6 Å². The summed E-state index contributed by atoms with van der Waals surface area (Å²) < 4.78 is 19.5. The predicted molar refractivity (Wildman–Crippen MR) is 53.0 cm³/mol. The molecule has 0 radical (unpaired) electrons. The van der Waals surface area contributed by atoms with E-state index in [4.69, 9.17) is 14.5 Å². The lowest BCUT2D eigenvalue weighted by atomic mass is 10.1. The van der Waals surface area contributed by atoms with Crippen molar-refractivity contribution in [2.75, 3.05) is 6.61 Å². The SMILES string of the molecule is C=CC(=O)OC(C)(C)CCOP(=O)(O)O. The molecule has 0 amide bonds. The van der Waals surface area contributed by atoms with Crippen LogP contribution in [0.3, 0.4) is 0 Å². The van der Waals surface area contributed by atoms with Gasteiger partial charge in [-0.2, -0.15) is 0 Å². The molecule has 0 rings (SSSR count). The second kappa shape index (κ2) is 5.42. The molecule has 0 aliphatic rings. The average molecular weight is 238 g/mol. The number of carbonyl (C=O) groups excluding carboxylic acids is 1. The van der Waals surface area contributed by atoms with Gasteiger partial charge in [0.1, 0.15) is 5.60 Å². The van der Waals surface area contributed by atoms with Crippen molar-refractivity contribution in [2.24, 2.45) is 0 Å². The zero-order chi connectivity index (χ0) is 12.1. The van der Waals surface area contributed by atoms with Crippen LogP contribution >= 0.6 is 7.82 Å². The summed E-state index contributed by atoms with van der Waals surface area (Å²) >= 11 is 0. The van der Waals surface area contributed by atoms with Crippen LogP contribution < -0.4 is 0 Å². The minimum atomic E-state index is -4.45. The lowest BCUT2D eigenvalue weighted by molar-refractivity contribution is -0.151. The van der Waals surface area contributed by atoms with Gasteiger partial charge in [0, 0.05) is 12.5 Å². The Kier molecular flexibility index (Phi) is 5.17. The fraction of sp³-hybridized carbons (Fsp3) is 0.625. The van der Waals surface area contributed by atoms with E-state index in [1.165, 1.54) is 0 Å². The van der Waals surface area contributed by atoms with Crippen LogP contribution in [0.5, 0.6) is 0 Å². The Balaban J connectivity index is 3.99. The summed E-state index contributed by atoms with van der Waals surface area (Å²) in [5, 5.41) is 0. The molecule has 0 aromatic rings. The fourth-order valence-electron chi connectivity index (χ4n) is 0.775. The Bertz CT molecular complexity index is 279. The number of esters is 1. The first-order chi connectivity index (χ1) is 6.66. The molecule has 7 heteroatoms. The van der Waals surface area contributed by atoms with E-state index < -0.39 is 19.4 Å². The van der Waals surface area contributed by atoms with Crippen molar-refractivity contribution >= 4 is 13.8 Å². The van der Waals surface area contributed by atoms with E-state index in [1.807, 2.05) is 0 Å². The van der Waals surface area contributed by atoms with E-state index in [-0.39, 0.29) is 13.0 Å². The summed E-state index contributed by atoms with van der Waals surface area (Å²) in [4.78, 5) is 27.7. The molecule has 0 bridgehead atoms. The quantitative estimate of drug-likeness (QED) is 0.407. The van der Waals surface area contributed by atoms with Crippen molar-refractivity contribution in [2.45, 2.75) is 25.9 Å². The molecule has 0 aromatic heterocycles. The second-order valence-corrected chi connectivity index (χ2v) is 4.70. The molecule has 15 heavy (non-hydrogen) atoms. The Morgan fingerprint density at radius 3 is 2.47 bits per heavy atom. The number of phosphoric ester groups is 1. The molecule has 0 aliphatic carbocycles. The van der Waals surface area contributed by atoms with Crippen molar-refractivity contribution in [3.63, 3.8) is 0 Å². The molecule has 0 heterocycles. The molecule has 0 saturated heterocycles. The van der Waals surface area contributed by atoms with E-state index in [2.05, 4.69) is 11.1 Å². The molecule has 0 saturated carbocycles. The van der Waals surface area contributed by atoms with Gasteiger partial charge >= 0.3 is 13.8 Å². The highest BCUT2D eigenvalue weighted by Gasteiger charge is 2.23. The maximum Gasteiger partial charge on any atom is 0.469 e. The number of ether oxygens (including phenoxy) is 1. The molecule has 0 aromatic carbocycles. The van der Waals surface area contributed by atoms with E-state index in [0.717, 1.165) is 6.08 Å². The van der Waals surface area contributed by atoms with Gasteiger partial charge in [-0.3, -0.25) is 4.52 Å². The lowest BCUT2D eigenvalue weighted by Crippen LogP contribution is -2.28. The van der Waals surface area contributed by atoms with Crippen molar-refractivity contribution in [3.05, 3.63) is 12.7 Å². The zero-order valence-corrected chi connectivity index (χ0v) is 9.57. The molecule has 88 valence electrons. The molecule has 0 spiro atoms. The molecule has 6 nitrogen and oxygen atoms in total. The second-order valence-electron chi connectivity index (χ2n) is 3.46. The van der Waals surface area contributed by atoms with E-state index >= 15 is 0 Å². The minimum absolute atomic E-state index is 0.178. The van der Waals surface area contributed by atoms with Gasteiger partial charge in [-0.05, 0) is 13.8 Å². The number of phosphoric acid groups is 1. The normalized spacial score (nSPS) is 12.3. The third-order valence-electron chi connectivity index (χ3n) is 1.51. The maximum atomic E-state index is 10.9. The zero-order valence-electron chi connectivity index (χ0n) is 8.67. The predicted octanol–water partition coefficient (Wildman–Crippen LogP) is 0.994. The summed E-state index contributed by atoms with van der Waals surface area (Å²) in [5.41, 5.74) is -0.847. The van der Waals surface area contributed by atoms with Gasteiger partial charge in [-0.25, -0.2) is 9.36 Å². The molecule has 0 aliphatic heterocycles. The molecular weight excluding hydrogens is 223 g/mol. The third-order valence-corrected chi connectivity index (χ3v) is 2.03. The summed E-state index contributed by atoms with van der Waals surface area (Å²) in [7, 11) is -4.45. The minimum Gasteiger partial charge on any atom is -0.456 e. The van der Waals surface area contributed by atoms with Crippen LogP contribution in [0, 0.1) is 0 Å². The average Bonchev–Trinajstić information content (AvgIpc) is 2.00. The monoisotopic (exact) mass is 238 g/mol. The largest absolute Gasteiger partial charge is 0.469 e. The number of carbonyl (C=O) groups is 1. The Morgan fingerprint density at radius 1 is 1.53 bits per heavy atom. The van der Waals surface area contributed by atoms with Gasteiger partial charge in [0.05, 0.1) is 6.61 Å². The lowest BCUT2D eigenvalue weighted by Gasteiger charge is -2.24. The van der Waals surface area contributed by atoms with Crippen molar-refractivity contribution in [1.29, 1.82) is 0 Å². The summed E-state index contributed by atoms with van der Waals surface area (Å²) in [6.07, 6.45) is 1.20. The first-order valence-electron chi connectivity index (χ1n) is 4.22. The first kappa shape index (κ1) is 14.3. The van der Waals surface area contributed by atoms with Gasteiger partial charge in [0.25, 0.3) is 0 Å². The topological polar surface area (TPSA) is 93.1 Å². The van der Waals surface area contributed by atoms with E-state index in [9.17, 15) is 9.36 Å². The Morgan fingerprint density at radius 2 is 2.07 bits per heavy atom. The van der Waals surface area contributed by atoms with Gasteiger partial charge in [0.15, 0.2) is 0 Å². The van der Waals surface area contributed by atoms with Crippen LogP contribution in [0.4, 0.5) is 0 Å². The highest BCUT2D eigenvalue weighted by atomic mass is 31.2. The van der Waals surface area contributed by atoms with E-state index in [0.29, 0.717) is 0 Å². The summed E-state index contributed by atoms with van der Waals surface area (Å²) in [5.74, 6) is -0.587. The maximum absolute atomic E-state index is 10.9. The summed E-state index contributed by atoms with van der Waals surface area (Å²) in [6, 6.07) is 0. The third kappa shape index (κ3) is 8.32. The van der Waals surface area contributed by atoms with Crippen LogP contribution in [0.2, 0.25) is 0 Å². The van der Waals surface area contributed by atoms with Gasteiger partial charge in [-0.15, -0.1) is 0 Å². The van der Waals surface area contributed by atoms with Crippen molar-refractivity contribution < 1.29 is 28.4 Å². The summed E-state index contributed by atoms with van der Waals surface area (Å²) in [6.45, 7) is 6.26. The van der Waals surface area contributed by atoms with Crippen LogP contribution in [0.25, 0.3) is 0 Å². The number of hydrogen-bond donors (Lipinski definition) is 2. The fourth-order valence-corrected chi connectivity index (χ4v) is 1.10. The Labute approximate surface area is 88.1 Å². The highest BCUT2D eigenvalue weighted by Crippen LogP contribution is 2.36. The first-order valence-corrected chi connectivity index (χ1v) is 5.75. The van der Waals surface area contributed by atoms with Crippen molar-refractivity contribution in [3.8, 4) is 0 Å². The molecule has 0 fully saturated rings. The molecule has 0 atom stereocenters. The highest BCUT2D eigenvalue weighted by molar-refractivity contribution is 7.46. The van der Waals surface area contributed by atoms with Gasteiger partial charge in [0.2, 0.25) is 0 Å². The number of hydrogen-bond acceptors (Lipinski definition) is 4. The Hall–Kier alpha value is -0.680. The molecule has 2 N–H and O–H groups in total.